The number of alkyl halides is 3. The molecule has 0 radical (unpaired) electrons. The molecule has 0 fully saturated rings. The molecule has 0 bridgehead atoms. The summed E-state index contributed by atoms with van der Waals surface area (Å²) in [5, 5.41) is 0. The van der Waals surface area contributed by atoms with Gasteiger partial charge in [0.1, 0.15) is 19.3 Å². The third kappa shape index (κ3) is 9.48. The van der Waals surface area contributed by atoms with Gasteiger partial charge in [-0.2, -0.15) is 13.2 Å². The number of carbonyl (C=O) groups excluding carboxylic acids is 1. The molecule has 0 spiro atoms. The second-order valence-electron chi connectivity index (χ2n) is 2.86. The Morgan fingerprint density at radius 3 is 2.47 bits per heavy atom. The van der Waals surface area contributed by atoms with Gasteiger partial charge in [0, 0.05) is 7.11 Å². The molecule has 0 aliphatic carbocycles. The van der Waals surface area contributed by atoms with Crippen molar-refractivity contribution in [3.05, 3.63) is 0 Å². The Balaban J connectivity index is 3.58. The zero-order valence-electron chi connectivity index (χ0n) is 8.47. The van der Waals surface area contributed by atoms with E-state index in [1.165, 1.54) is 7.11 Å². The predicted molar refractivity (Wildman–Crippen MR) is 44.3 cm³/mol. The highest BCUT2D eigenvalue weighted by atomic mass is 19.4. The van der Waals surface area contributed by atoms with Gasteiger partial charge in [-0.15, -0.1) is 0 Å². The van der Waals surface area contributed by atoms with Crippen LogP contribution in [0.5, 0.6) is 0 Å². The molecule has 1 unspecified atom stereocenters. The van der Waals surface area contributed by atoms with Crippen LogP contribution in [0.1, 0.15) is 6.92 Å². The highest BCUT2D eigenvalue weighted by Gasteiger charge is 2.28. The van der Waals surface area contributed by atoms with E-state index >= 15 is 0 Å². The van der Waals surface area contributed by atoms with Crippen molar-refractivity contribution in [1.82, 2.24) is 0 Å². The van der Waals surface area contributed by atoms with Gasteiger partial charge in [-0.3, -0.25) is 0 Å². The Bertz CT molecular complexity index is 193. The van der Waals surface area contributed by atoms with Crippen LogP contribution < -0.4 is 0 Å². The van der Waals surface area contributed by atoms with E-state index in [-0.39, 0.29) is 6.61 Å². The van der Waals surface area contributed by atoms with Crippen LogP contribution in [0.4, 0.5) is 13.2 Å². The first-order chi connectivity index (χ1) is 6.85. The standard InChI is InChI=1S/C8H13F3O4/c1-6(3-13-2)15-7(12)4-14-5-8(9,10)11/h6H,3-5H2,1-2H3. The van der Waals surface area contributed by atoms with Crippen LogP contribution in [0.15, 0.2) is 0 Å². The molecule has 4 nitrogen and oxygen atoms in total. The Morgan fingerprint density at radius 1 is 1.40 bits per heavy atom. The van der Waals surface area contributed by atoms with Crippen LogP contribution in [0, 0.1) is 0 Å². The first-order valence-corrected chi connectivity index (χ1v) is 4.18. The van der Waals surface area contributed by atoms with E-state index in [4.69, 9.17) is 0 Å². The van der Waals surface area contributed by atoms with Gasteiger partial charge >= 0.3 is 12.1 Å². The van der Waals surface area contributed by atoms with Crippen molar-refractivity contribution >= 4 is 5.97 Å². The molecule has 0 N–H and O–H groups in total. The lowest BCUT2D eigenvalue weighted by atomic mass is 10.4. The lowest BCUT2D eigenvalue weighted by Gasteiger charge is -2.12. The van der Waals surface area contributed by atoms with Crippen LogP contribution in [-0.2, 0) is 19.0 Å². The SMILES string of the molecule is COCC(C)OC(=O)COCC(F)(F)F. The van der Waals surface area contributed by atoms with E-state index in [1.54, 1.807) is 6.92 Å². The lowest BCUT2D eigenvalue weighted by molar-refractivity contribution is -0.183. The topological polar surface area (TPSA) is 44.8 Å². The molecule has 15 heavy (non-hydrogen) atoms. The monoisotopic (exact) mass is 230 g/mol. The minimum Gasteiger partial charge on any atom is -0.459 e. The largest absolute Gasteiger partial charge is 0.459 e. The normalized spacial score (nSPS) is 13.7. The van der Waals surface area contributed by atoms with Crippen molar-refractivity contribution in [1.29, 1.82) is 0 Å². The van der Waals surface area contributed by atoms with Gasteiger partial charge in [0.25, 0.3) is 0 Å². The Morgan fingerprint density at radius 2 is 2.00 bits per heavy atom. The minimum atomic E-state index is -4.43. The first-order valence-electron chi connectivity index (χ1n) is 4.18. The smallest absolute Gasteiger partial charge is 0.411 e. The predicted octanol–water partition coefficient (Wildman–Crippen LogP) is 1.14. The fourth-order valence-electron chi connectivity index (χ4n) is 0.777. The maximum Gasteiger partial charge on any atom is 0.411 e. The summed E-state index contributed by atoms with van der Waals surface area (Å²) >= 11 is 0. The third-order valence-corrected chi connectivity index (χ3v) is 1.22. The number of hydrogen-bond donors (Lipinski definition) is 0. The van der Waals surface area contributed by atoms with E-state index in [0.717, 1.165) is 0 Å². The number of hydrogen-bond acceptors (Lipinski definition) is 4. The Kier molecular flexibility index (Phi) is 6.26. The number of ether oxygens (including phenoxy) is 3. The van der Waals surface area contributed by atoms with Crippen molar-refractivity contribution in [2.24, 2.45) is 0 Å². The maximum atomic E-state index is 11.6. The van der Waals surface area contributed by atoms with Crippen LogP contribution in [0.3, 0.4) is 0 Å². The maximum absolute atomic E-state index is 11.6. The molecule has 0 aromatic rings. The van der Waals surface area contributed by atoms with E-state index in [9.17, 15) is 18.0 Å². The average molecular weight is 230 g/mol. The molecule has 0 saturated heterocycles. The minimum absolute atomic E-state index is 0.186. The molecular weight excluding hydrogens is 217 g/mol. The summed E-state index contributed by atoms with van der Waals surface area (Å²) in [4.78, 5) is 10.8. The molecule has 0 heterocycles. The van der Waals surface area contributed by atoms with Gasteiger partial charge in [0.15, 0.2) is 0 Å². The third-order valence-electron chi connectivity index (χ3n) is 1.22. The van der Waals surface area contributed by atoms with Gasteiger partial charge in [-0.1, -0.05) is 0 Å². The summed E-state index contributed by atoms with van der Waals surface area (Å²) in [7, 11) is 1.42. The van der Waals surface area contributed by atoms with Gasteiger partial charge in [-0.05, 0) is 6.92 Å². The second kappa shape index (κ2) is 6.62. The van der Waals surface area contributed by atoms with Crippen molar-refractivity contribution in [3.63, 3.8) is 0 Å². The highest BCUT2D eigenvalue weighted by molar-refractivity contribution is 5.70. The molecule has 0 aliphatic rings. The Labute approximate surface area is 85.3 Å². The fraction of sp³-hybridized carbons (Fsp3) is 0.875. The number of esters is 1. The summed E-state index contributed by atoms with van der Waals surface area (Å²) in [5.74, 6) is -0.844. The van der Waals surface area contributed by atoms with Crippen molar-refractivity contribution in [3.8, 4) is 0 Å². The van der Waals surface area contributed by atoms with Gasteiger partial charge in [0.2, 0.25) is 0 Å². The van der Waals surface area contributed by atoms with Crippen molar-refractivity contribution in [2.75, 3.05) is 26.9 Å². The average Bonchev–Trinajstić information content (AvgIpc) is 2.01. The quantitative estimate of drug-likeness (QED) is 0.642. The molecule has 7 heteroatoms. The van der Waals surface area contributed by atoms with Crippen LogP contribution >= 0.6 is 0 Å². The number of carbonyl (C=O) groups is 1. The summed E-state index contributed by atoms with van der Waals surface area (Å²) in [6, 6.07) is 0. The zero-order chi connectivity index (χ0) is 11.9. The molecule has 0 saturated carbocycles. The van der Waals surface area contributed by atoms with E-state index in [1.807, 2.05) is 0 Å². The lowest BCUT2D eigenvalue weighted by Crippen LogP contribution is -2.25. The number of methoxy groups -OCH3 is 1. The van der Waals surface area contributed by atoms with Crippen LogP contribution in [0.2, 0.25) is 0 Å². The molecule has 0 aliphatic heterocycles. The number of halogens is 3. The molecule has 90 valence electrons. The molecule has 1 atom stereocenters. The molecular formula is C8H13F3O4. The van der Waals surface area contributed by atoms with Crippen molar-refractivity contribution in [2.45, 2.75) is 19.2 Å². The number of rotatable bonds is 6. The summed E-state index contributed by atoms with van der Waals surface area (Å²) < 4.78 is 48.2. The van der Waals surface area contributed by atoms with Gasteiger partial charge < -0.3 is 14.2 Å². The van der Waals surface area contributed by atoms with Crippen LogP contribution in [0.25, 0.3) is 0 Å². The molecule has 0 aromatic heterocycles. The highest BCUT2D eigenvalue weighted by Crippen LogP contribution is 2.14. The molecule has 0 rings (SSSR count). The van der Waals surface area contributed by atoms with Gasteiger partial charge in [0.05, 0.1) is 6.61 Å². The van der Waals surface area contributed by atoms with Gasteiger partial charge in [-0.25, -0.2) is 4.79 Å². The summed E-state index contributed by atoms with van der Waals surface area (Å²) in [6.45, 7) is -0.426. The zero-order valence-corrected chi connectivity index (χ0v) is 8.47. The summed E-state index contributed by atoms with van der Waals surface area (Å²) in [6.07, 6.45) is -4.93. The fourth-order valence-corrected chi connectivity index (χ4v) is 0.777. The van der Waals surface area contributed by atoms with Crippen LogP contribution in [-0.4, -0.2) is 45.2 Å². The van der Waals surface area contributed by atoms with E-state index in [0.29, 0.717) is 0 Å². The Hall–Kier alpha value is -0.820. The first kappa shape index (κ1) is 14.2. The molecule has 0 amide bonds. The second-order valence-corrected chi connectivity index (χ2v) is 2.86. The van der Waals surface area contributed by atoms with E-state index in [2.05, 4.69) is 14.2 Å². The molecule has 0 aromatic carbocycles. The van der Waals surface area contributed by atoms with E-state index < -0.39 is 31.5 Å². The summed E-state index contributed by atoms with van der Waals surface area (Å²) in [5.41, 5.74) is 0. The van der Waals surface area contributed by atoms with Crippen molar-refractivity contribution < 1.29 is 32.2 Å².